The summed E-state index contributed by atoms with van der Waals surface area (Å²) >= 11 is 0. The van der Waals surface area contributed by atoms with Crippen molar-refractivity contribution in [2.75, 3.05) is 0 Å². The Bertz CT molecular complexity index is 892. The van der Waals surface area contributed by atoms with E-state index in [1.54, 1.807) is 19.1 Å². The van der Waals surface area contributed by atoms with E-state index in [0.717, 1.165) is 18.3 Å². The molecule has 2 heterocycles. The van der Waals surface area contributed by atoms with E-state index in [-0.39, 0.29) is 11.6 Å². The lowest BCUT2D eigenvalue weighted by Crippen LogP contribution is -2.04. The highest BCUT2D eigenvalue weighted by Gasteiger charge is 2.30. The van der Waals surface area contributed by atoms with Crippen LogP contribution in [0.4, 0.5) is 17.6 Å². The maximum absolute atomic E-state index is 13.7. The van der Waals surface area contributed by atoms with Crippen LogP contribution in [0, 0.1) is 12.7 Å². The molecule has 0 aliphatic rings. The molecule has 0 aliphatic heterocycles. The number of alkyl halides is 3. The lowest BCUT2D eigenvalue weighted by molar-refractivity contribution is -0.137. The maximum atomic E-state index is 13.7. The summed E-state index contributed by atoms with van der Waals surface area (Å²) in [5, 5.41) is 0. The topological polar surface area (TPSA) is 35.0 Å². The highest BCUT2D eigenvalue weighted by molar-refractivity contribution is 5.71. The number of pyridine rings is 2. The minimum atomic E-state index is -4.42. The molecule has 0 unspecified atom stereocenters. The van der Waals surface area contributed by atoms with Crippen LogP contribution in [0.3, 0.4) is 0 Å². The highest BCUT2D eigenvalue weighted by atomic mass is 19.4. The van der Waals surface area contributed by atoms with Gasteiger partial charge in [0.15, 0.2) is 0 Å². The van der Waals surface area contributed by atoms with Gasteiger partial charge in [0.1, 0.15) is 11.6 Å². The molecule has 3 aromatic rings. The van der Waals surface area contributed by atoms with Crippen LogP contribution in [0.15, 0.2) is 55.0 Å². The summed E-state index contributed by atoms with van der Waals surface area (Å²) in [7, 11) is 0. The van der Waals surface area contributed by atoms with Gasteiger partial charge in [-0.05, 0) is 48.9 Å². The zero-order valence-electron chi connectivity index (χ0n) is 13.0. The number of ether oxygens (including phenoxy) is 1. The molecule has 0 amide bonds. The van der Waals surface area contributed by atoms with Gasteiger partial charge in [-0.2, -0.15) is 13.2 Å². The minimum Gasteiger partial charge on any atom is -0.438 e. The Hall–Kier alpha value is -2.96. The molecule has 3 nitrogen and oxygen atoms in total. The summed E-state index contributed by atoms with van der Waals surface area (Å²) < 4.78 is 57.2. The van der Waals surface area contributed by atoms with Crippen molar-refractivity contribution in [3.8, 4) is 22.8 Å². The predicted octanol–water partition coefficient (Wildman–Crippen LogP) is 5.40. The van der Waals surface area contributed by atoms with Crippen molar-refractivity contribution in [3.05, 3.63) is 71.9 Å². The molecule has 0 spiro atoms. The van der Waals surface area contributed by atoms with Crippen LogP contribution in [-0.4, -0.2) is 9.97 Å². The molecule has 128 valence electrons. The first-order valence-corrected chi connectivity index (χ1v) is 7.27. The van der Waals surface area contributed by atoms with Crippen LogP contribution >= 0.6 is 0 Å². The van der Waals surface area contributed by atoms with Crippen molar-refractivity contribution in [3.63, 3.8) is 0 Å². The first-order valence-electron chi connectivity index (χ1n) is 7.27. The van der Waals surface area contributed by atoms with Gasteiger partial charge < -0.3 is 4.74 Å². The van der Waals surface area contributed by atoms with Crippen LogP contribution in [0.1, 0.15) is 11.1 Å². The number of halogens is 4. The van der Waals surface area contributed by atoms with Gasteiger partial charge in [0.05, 0.1) is 11.8 Å². The quantitative estimate of drug-likeness (QED) is 0.594. The standard InChI is InChI=1S/C18H12F4N2O/c1-11-15(9-23-10-16(11)19)14-3-2-8-24-17(14)25-13-6-4-12(5-7-13)18(20,21)22/h2-10H,1H3. The summed E-state index contributed by atoms with van der Waals surface area (Å²) in [5.41, 5.74) is 0.591. The number of hydrogen-bond acceptors (Lipinski definition) is 3. The molecule has 0 N–H and O–H groups in total. The molecular weight excluding hydrogens is 336 g/mol. The average Bonchev–Trinajstić information content (AvgIpc) is 2.58. The van der Waals surface area contributed by atoms with E-state index in [9.17, 15) is 17.6 Å². The third-order valence-electron chi connectivity index (χ3n) is 3.61. The lowest BCUT2D eigenvalue weighted by Gasteiger charge is -2.12. The van der Waals surface area contributed by atoms with Crippen molar-refractivity contribution in [1.29, 1.82) is 0 Å². The summed E-state index contributed by atoms with van der Waals surface area (Å²) in [5.74, 6) is -0.130. The van der Waals surface area contributed by atoms with Crippen molar-refractivity contribution in [2.24, 2.45) is 0 Å². The van der Waals surface area contributed by atoms with Crippen LogP contribution in [-0.2, 0) is 6.18 Å². The van der Waals surface area contributed by atoms with Gasteiger partial charge in [0.25, 0.3) is 0 Å². The smallest absolute Gasteiger partial charge is 0.416 e. The zero-order valence-corrected chi connectivity index (χ0v) is 13.0. The Morgan fingerprint density at radius 3 is 2.36 bits per heavy atom. The average molecular weight is 348 g/mol. The Labute approximate surface area is 140 Å². The lowest BCUT2D eigenvalue weighted by atomic mass is 10.0. The van der Waals surface area contributed by atoms with E-state index in [1.807, 2.05) is 0 Å². The van der Waals surface area contributed by atoms with Gasteiger partial charge in [0, 0.05) is 23.5 Å². The van der Waals surface area contributed by atoms with Crippen molar-refractivity contribution in [2.45, 2.75) is 13.1 Å². The van der Waals surface area contributed by atoms with E-state index in [1.165, 1.54) is 24.5 Å². The molecule has 0 radical (unpaired) electrons. The Balaban J connectivity index is 1.96. The van der Waals surface area contributed by atoms with Crippen molar-refractivity contribution in [1.82, 2.24) is 9.97 Å². The number of benzene rings is 1. The second-order valence-corrected chi connectivity index (χ2v) is 5.27. The van der Waals surface area contributed by atoms with Gasteiger partial charge in [0.2, 0.25) is 5.88 Å². The van der Waals surface area contributed by atoms with Crippen LogP contribution in [0.5, 0.6) is 11.6 Å². The third kappa shape index (κ3) is 3.60. The monoisotopic (exact) mass is 348 g/mol. The fourth-order valence-corrected chi connectivity index (χ4v) is 2.27. The molecule has 0 atom stereocenters. The highest BCUT2D eigenvalue weighted by Crippen LogP contribution is 2.35. The predicted molar refractivity (Wildman–Crippen MR) is 83.7 cm³/mol. The van der Waals surface area contributed by atoms with Crippen LogP contribution in [0.2, 0.25) is 0 Å². The first-order chi connectivity index (χ1) is 11.9. The molecule has 25 heavy (non-hydrogen) atoms. The van der Waals surface area contributed by atoms with Gasteiger partial charge in [-0.15, -0.1) is 0 Å². The molecule has 3 rings (SSSR count). The number of aromatic nitrogens is 2. The second-order valence-electron chi connectivity index (χ2n) is 5.27. The molecule has 7 heteroatoms. The molecule has 0 saturated heterocycles. The van der Waals surface area contributed by atoms with E-state index in [4.69, 9.17) is 4.74 Å². The SMILES string of the molecule is Cc1c(F)cncc1-c1cccnc1Oc1ccc(C(F)(F)F)cc1. The van der Waals surface area contributed by atoms with Gasteiger partial charge in [-0.25, -0.2) is 9.37 Å². The second kappa shape index (κ2) is 6.51. The first kappa shape index (κ1) is 16.9. The normalized spacial score (nSPS) is 11.4. The summed E-state index contributed by atoms with van der Waals surface area (Å²) in [6.07, 6.45) is -0.357. The molecule has 0 aliphatic carbocycles. The van der Waals surface area contributed by atoms with E-state index in [0.29, 0.717) is 16.7 Å². The van der Waals surface area contributed by atoms with Crippen molar-refractivity contribution >= 4 is 0 Å². The third-order valence-corrected chi connectivity index (χ3v) is 3.61. The molecule has 0 bridgehead atoms. The van der Waals surface area contributed by atoms with Gasteiger partial charge in [-0.3, -0.25) is 4.98 Å². The summed E-state index contributed by atoms with van der Waals surface area (Å²) in [6.45, 7) is 1.60. The number of rotatable bonds is 3. The minimum absolute atomic E-state index is 0.151. The van der Waals surface area contributed by atoms with E-state index < -0.39 is 17.6 Å². The Morgan fingerprint density at radius 2 is 1.68 bits per heavy atom. The largest absolute Gasteiger partial charge is 0.438 e. The van der Waals surface area contributed by atoms with Crippen molar-refractivity contribution < 1.29 is 22.3 Å². The molecular formula is C18H12F4N2O. The van der Waals surface area contributed by atoms with Crippen LogP contribution in [0.25, 0.3) is 11.1 Å². The van der Waals surface area contributed by atoms with Gasteiger partial charge >= 0.3 is 6.18 Å². The Kier molecular flexibility index (Phi) is 4.39. The maximum Gasteiger partial charge on any atom is 0.416 e. The molecule has 1 aromatic carbocycles. The summed E-state index contributed by atoms with van der Waals surface area (Å²) in [6, 6.07) is 7.59. The van der Waals surface area contributed by atoms with Gasteiger partial charge in [-0.1, -0.05) is 0 Å². The fourth-order valence-electron chi connectivity index (χ4n) is 2.27. The van der Waals surface area contributed by atoms with Crippen LogP contribution < -0.4 is 4.74 Å². The molecule has 0 saturated carbocycles. The fraction of sp³-hybridized carbons (Fsp3) is 0.111. The van der Waals surface area contributed by atoms with E-state index >= 15 is 0 Å². The Morgan fingerprint density at radius 1 is 0.960 bits per heavy atom. The summed E-state index contributed by atoms with van der Waals surface area (Å²) in [4.78, 5) is 7.92. The molecule has 0 fully saturated rings. The molecule has 2 aromatic heterocycles. The number of hydrogen-bond donors (Lipinski definition) is 0. The zero-order chi connectivity index (χ0) is 18.0. The van der Waals surface area contributed by atoms with E-state index in [2.05, 4.69) is 9.97 Å². The number of nitrogens with zero attached hydrogens (tertiary/aromatic N) is 2.